The van der Waals surface area contributed by atoms with Gasteiger partial charge in [-0.2, -0.15) is 0 Å². The first kappa shape index (κ1) is 11.5. The lowest BCUT2D eigenvalue weighted by molar-refractivity contribution is 0.589. The number of sulfone groups is 1. The Morgan fingerprint density at radius 3 is 2.33 bits per heavy atom. The number of hydrogen-bond donors (Lipinski definition) is 0. The summed E-state index contributed by atoms with van der Waals surface area (Å²) >= 11 is 0. The van der Waals surface area contributed by atoms with Crippen LogP contribution >= 0.6 is 0 Å². The van der Waals surface area contributed by atoms with Gasteiger partial charge in [-0.05, 0) is 30.5 Å². The van der Waals surface area contributed by atoms with Crippen molar-refractivity contribution >= 4 is 9.84 Å². The zero-order chi connectivity index (χ0) is 12.8. The molecule has 0 bridgehead atoms. The highest BCUT2D eigenvalue weighted by atomic mass is 32.2. The molecule has 92 valence electrons. The van der Waals surface area contributed by atoms with Gasteiger partial charge in [-0.1, -0.05) is 48.0 Å². The Labute approximate surface area is 107 Å². The zero-order valence-electron chi connectivity index (χ0n) is 10.1. The third-order valence-corrected chi connectivity index (χ3v) is 5.71. The van der Waals surface area contributed by atoms with Crippen molar-refractivity contribution < 1.29 is 8.42 Å². The van der Waals surface area contributed by atoms with Gasteiger partial charge >= 0.3 is 0 Å². The van der Waals surface area contributed by atoms with Crippen LogP contribution in [-0.4, -0.2) is 8.42 Å². The van der Waals surface area contributed by atoms with E-state index in [1.54, 1.807) is 12.1 Å². The van der Waals surface area contributed by atoms with Crippen LogP contribution in [0.15, 0.2) is 53.4 Å². The SMILES string of the molecule is Cc1ccc(C2Cc3ccccc3S2(=O)=O)cc1. The van der Waals surface area contributed by atoms with Crippen molar-refractivity contribution in [1.82, 2.24) is 0 Å². The van der Waals surface area contributed by atoms with E-state index >= 15 is 0 Å². The lowest BCUT2D eigenvalue weighted by Crippen LogP contribution is -2.08. The number of aryl methyl sites for hydroxylation is 1. The van der Waals surface area contributed by atoms with Crippen LogP contribution in [0.4, 0.5) is 0 Å². The predicted molar refractivity (Wildman–Crippen MR) is 71.3 cm³/mol. The fourth-order valence-corrected chi connectivity index (χ4v) is 4.50. The average molecular weight is 258 g/mol. The third-order valence-electron chi connectivity index (χ3n) is 3.51. The summed E-state index contributed by atoms with van der Waals surface area (Å²) in [7, 11) is -3.21. The Balaban J connectivity index is 2.10. The Morgan fingerprint density at radius 1 is 1.00 bits per heavy atom. The van der Waals surface area contributed by atoms with Crippen molar-refractivity contribution in [3.05, 3.63) is 65.2 Å². The van der Waals surface area contributed by atoms with Crippen molar-refractivity contribution in [3.63, 3.8) is 0 Å². The second-order valence-electron chi connectivity index (χ2n) is 4.76. The molecule has 1 heterocycles. The lowest BCUT2D eigenvalue weighted by atomic mass is 10.0. The van der Waals surface area contributed by atoms with Gasteiger partial charge < -0.3 is 0 Å². The van der Waals surface area contributed by atoms with E-state index in [9.17, 15) is 8.42 Å². The van der Waals surface area contributed by atoms with Gasteiger partial charge in [0.25, 0.3) is 0 Å². The van der Waals surface area contributed by atoms with E-state index in [0.717, 1.165) is 16.7 Å². The summed E-state index contributed by atoms with van der Waals surface area (Å²) in [6, 6.07) is 15.1. The minimum Gasteiger partial charge on any atom is -0.223 e. The van der Waals surface area contributed by atoms with Crippen molar-refractivity contribution in [2.24, 2.45) is 0 Å². The van der Waals surface area contributed by atoms with Crippen LogP contribution in [-0.2, 0) is 16.3 Å². The van der Waals surface area contributed by atoms with E-state index in [0.29, 0.717) is 11.3 Å². The highest BCUT2D eigenvalue weighted by Gasteiger charge is 2.37. The molecule has 0 radical (unpaired) electrons. The Hall–Kier alpha value is -1.61. The molecule has 0 amide bonds. The monoisotopic (exact) mass is 258 g/mol. The van der Waals surface area contributed by atoms with Crippen LogP contribution in [0.2, 0.25) is 0 Å². The molecule has 0 spiro atoms. The molecule has 2 aromatic carbocycles. The number of benzene rings is 2. The molecule has 1 aliphatic rings. The Bertz CT molecular complexity index is 685. The van der Waals surface area contributed by atoms with Gasteiger partial charge in [0.15, 0.2) is 9.84 Å². The third kappa shape index (κ3) is 1.66. The number of rotatable bonds is 1. The predicted octanol–water partition coefficient (Wildman–Crippen LogP) is 3.07. The summed E-state index contributed by atoms with van der Waals surface area (Å²) < 4.78 is 24.9. The Kier molecular flexibility index (Phi) is 2.52. The highest BCUT2D eigenvalue weighted by Crippen LogP contribution is 2.40. The molecule has 18 heavy (non-hydrogen) atoms. The highest BCUT2D eigenvalue weighted by molar-refractivity contribution is 7.92. The maximum absolute atomic E-state index is 12.5. The normalized spacial score (nSPS) is 20.6. The van der Waals surface area contributed by atoms with Gasteiger partial charge in [-0.25, -0.2) is 8.42 Å². The van der Waals surface area contributed by atoms with E-state index in [2.05, 4.69) is 0 Å². The summed E-state index contributed by atoms with van der Waals surface area (Å²) in [5, 5.41) is -0.421. The van der Waals surface area contributed by atoms with Gasteiger partial charge in [0, 0.05) is 0 Å². The molecule has 1 atom stereocenters. The molecular formula is C15H14O2S. The smallest absolute Gasteiger partial charge is 0.185 e. The number of fused-ring (bicyclic) bond motifs is 1. The molecule has 0 aromatic heterocycles. The molecule has 1 unspecified atom stereocenters. The van der Waals surface area contributed by atoms with Crippen LogP contribution < -0.4 is 0 Å². The second kappa shape index (κ2) is 3.95. The van der Waals surface area contributed by atoms with Crippen LogP contribution in [0.25, 0.3) is 0 Å². The molecule has 0 saturated heterocycles. The molecule has 3 rings (SSSR count). The summed E-state index contributed by atoms with van der Waals surface area (Å²) in [6.45, 7) is 2.00. The zero-order valence-corrected chi connectivity index (χ0v) is 10.9. The van der Waals surface area contributed by atoms with Crippen LogP contribution in [0.5, 0.6) is 0 Å². The Morgan fingerprint density at radius 2 is 1.67 bits per heavy atom. The topological polar surface area (TPSA) is 34.1 Å². The van der Waals surface area contributed by atoms with Crippen molar-refractivity contribution in [2.75, 3.05) is 0 Å². The van der Waals surface area contributed by atoms with Crippen LogP contribution in [0, 0.1) is 6.92 Å². The standard InChI is InChI=1S/C15H14O2S/c1-11-6-8-12(9-7-11)15-10-13-4-2-3-5-14(13)18(15,16)17/h2-9,15H,10H2,1H3. The maximum Gasteiger partial charge on any atom is 0.185 e. The van der Waals surface area contributed by atoms with E-state index < -0.39 is 15.1 Å². The van der Waals surface area contributed by atoms with Gasteiger partial charge in [0.1, 0.15) is 0 Å². The lowest BCUT2D eigenvalue weighted by Gasteiger charge is -2.10. The molecule has 0 N–H and O–H groups in total. The quantitative estimate of drug-likeness (QED) is 0.787. The van der Waals surface area contributed by atoms with E-state index in [1.807, 2.05) is 43.3 Å². The van der Waals surface area contributed by atoms with Gasteiger partial charge in [0.2, 0.25) is 0 Å². The van der Waals surface area contributed by atoms with E-state index in [-0.39, 0.29) is 0 Å². The van der Waals surface area contributed by atoms with Gasteiger partial charge in [0.05, 0.1) is 10.1 Å². The van der Waals surface area contributed by atoms with Crippen LogP contribution in [0.1, 0.15) is 21.9 Å². The van der Waals surface area contributed by atoms with Crippen molar-refractivity contribution in [1.29, 1.82) is 0 Å². The van der Waals surface area contributed by atoms with Crippen molar-refractivity contribution in [2.45, 2.75) is 23.5 Å². The summed E-state index contributed by atoms with van der Waals surface area (Å²) in [6.07, 6.45) is 0.585. The van der Waals surface area contributed by atoms with Gasteiger partial charge in [-0.3, -0.25) is 0 Å². The minimum absolute atomic E-state index is 0.421. The summed E-state index contributed by atoms with van der Waals surface area (Å²) in [4.78, 5) is 0.496. The average Bonchev–Trinajstić information content (AvgIpc) is 2.63. The largest absolute Gasteiger partial charge is 0.223 e. The summed E-state index contributed by atoms with van der Waals surface area (Å²) in [5.74, 6) is 0. The first-order chi connectivity index (χ1) is 8.59. The summed E-state index contributed by atoms with van der Waals surface area (Å²) in [5.41, 5.74) is 2.96. The molecule has 0 fully saturated rings. The molecular weight excluding hydrogens is 244 g/mol. The molecule has 2 aromatic rings. The first-order valence-electron chi connectivity index (χ1n) is 5.97. The molecule has 3 heteroatoms. The van der Waals surface area contributed by atoms with Crippen molar-refractivity contribution in [3.8, 4) is 0 Å². The number of hydrogen-bond acceptors (Lipinski definition) is 2. The molecule has 2 nitrogen and oxygen atoms in total. The fraction of sp³-hybridized carbons (Fsp3) is 0.200. The van der Waals surface area contributed by atoms with Crippen LogP contribution in [0.3, 0.4) is 0 Å². The van der Waals surface area contributed by atoms with E-state index in [4.69, 9.17) is 0 Å². The molecule has 0 aliphatic carbocycles. The van der Waals surface area contributed by atoms with Gasteiger partial charge in [-0.15, -0.1) is 0 Å². The minimum atomic E-state index is -3.21. The molecule has 0 saturated carbocycles. The fourth-order valence-electron chi connectivity index (χ4n) is 2.49. The second-order valence-corrected chi connectivity index (χ2v) is 6.86. The van der Waals surface area contributed by atoms with E-state index in [1.165, 1.54) is 0 Å². The molecule has 1 aliphatic heterocycles. The maximum atomic E-state index is 12.5. The first-order valence-corrected chi connectivity index (χ1v) is 7.52.